The zero-order valence-electron chi connectivity index (χ0n) is 13.1. The molecule has 0 spiro atoms. The Kier molecular flexibility index (Phi) is 4.19. The van der Waals surface area contributed by atoms with E-state index >= 15 is 0 Å². The molecule has 3 rings (SSSR count). The minimum absolute atomic E-state index is 0.215. The van der Waals surface area contributed by atoms with E-state index in [1.807, 2.05) is 55.5 Å². The Bertz CT molecular complexity index is 839. The number of rotatable bonds is 5. The fourth-order valence-electron chi connectivity index (χ4n) is 2.40. The van der Waals surface area contributed by atoms with E-state index in [1.165, 1.54) is 0 Å². The number of para-hydroxylation sites is 2. The minimum atomic E-state index is -0.215. The number of hydrogen-bond donors (Lipinski definition) is 2. The van der Waals surface area contributed by atoms with Gasteiger partial charge in [-0.05, 0) is 37.3 Å². The Balaban J connectivity index is 1.86. The molecule has 0 aliphatic carbocycles. The van der Waals surface area contributed by atoms with Crippen LogP contribution in [0.3, 0.4) is 0 Å². The molecule has 0 saturated heterocycles. The van der Waals surface area contributed by atoms with Gasteiger partial charge in [-0.25, -0.2) is 0 Å². The van der Waals surface area contributed by atoms with Gasteiger partial charge in [-0.1, -0.05) is 12.1 Å². The van der Waals surface area contributed by atoms with Gasteiger partial charge in [-0.2, -0.15) is 0 Å². The molecule has 5 heteroatoms. The van der Waals surface area contributed by atoms with Crippen molar-refractivity contribution in [2.24, 2.45) is 0 Å². The highest BCUT2D eigenvalue weighted by Crippen LogP contribution is 2.25. The smallest absolute Gasteiger partial charge is 0.272 e. The topological polar surface area (TPSA) is 63.4 Å². The van der Waals surface area contributed by atoms with Crippen molar-refractivity contribution >= 4 is 22.5 Å². The van der Waals surface area contributed by atoms with Crippen molar-refractivity contribution in [2.75, 3.05) is 19.0 Å². The number of fused-ring (bicyclic) bond motifs is 1. The number of amides is 1. The van der Waals surface area contributed by atoms with Crippen molar-refractivity contribution in [3.8, 4) is 11.5 Å². The van der Waals surface area contributed by atoms with Gasteiger partial charge in [0, 0.05) is 17.0 Å². The predicted octanol–water partition coefficient (Wildman–Crippen LogP) is 3.83. The van der Waals surface area contributed by atoms with Crippen LogP contribution in [0.15, 0.2) is 48.5 Å². The summed E-state index contributed by atoms with van der Waals surface area (Å²) in [6.45, 7) is 2.45. The molecule has 1 amide bonds. The van der Waals surface area contributed by atoms with Crippen molar-refractivity contribution in [2.45, 2.75) is 6.92 Å². The second-order valence-electron chi connectivity index (χ2n) is 5.02. The number of H-pyrrole nitrogens is 1. The Labute approximate surface area is 134 Å². The summed E-state index contributed by atoms with van der Waals surface area (Å²) in [4.78, 5) is 15.6. The molecule has 2 aromatic carbocycles. The molecular weight excluding hydrogens is 292 g/mol. The van der Waals surface area contributed by atoms with Crippen LogP contribution in [-0.2, 0) is 0 Å². The quantitative estimate of drug-likeness (QED) is 0.753. The number of anilines is 1. The lowest BCUT2D eigenvalue weighted by Gasteiger charge is -2.10. The molecule has 0 saturated carbocycles. The van der Waals surface area contributed by atoms with Gasteiger partial charge in [0.15, 0.2) is 0 Å². The molecule has 2 N–H and O–H groups in total. The highest BCUT2D eigenvalue weighted by molar-refractivity contribution is 6.06. The average molecular weight is 310 g/mol. The third kappa shape index (κ3) is 3.13. The van der Waals surface area contributed by atoms with Gasteiger partial charge in [0.1, 0.15) is 17.2 Å². The summed E-state index contributed by atoms with van der Waals surface area (Å²) < 4.78 is 10.7. The van der Waals surface area contributed by atoms with Gasteiger partial charge in [0.25, 0.3) is 5.91 Å². The number of aromatic nitrogens is 1. The normalized spacial score (nSPS) is 10.5. The van der Waals surface area contributed by atoms with Crippen molar-refractivity contribution in [1.82, 2.24) is 4.98 Å². The standard InChI is InChI=1S/C18H18N2O3/c1-3-23-17-7-5-4-6-14(17)20-18(21)16-10-12-8-9-13(22-2)11-15(12)19-16/h4-11,19H,3H2,1-2H3,(H,20,21). The lowest BCUT2D eigenvalue weighted by molar-refractivity contribution is 0.102. The molecular formula is C18H18N2O3. The number of ether oxygens (including phenoxy) is 2. The second-order valence-corrected chi connectivity index (χ2v) is 5.02. The van der Waals surface area contributed by atoms with Gasteiger partial charge >= 0.3 is 0 Å². The summed E-state index contributed by atoms with van der Waals surface area (Å²) in [7, 11) is 1.61. The van der Waals surface area contributed by atoms with Crippen molar-refractivity contribution in [1.29, 1.82) is 0 Å². The van der Waals surface area contributed by atoms with Crippen LogP contribution in [0.5, 0.6) is 11.5 Å². The molecule has 0 atom stereocenters. The Morgan fingerprint density at radius 2 is 2.00 bits per heavy atom. The Morgan fingerprint density at radius 1 is 1.17 bits per heavy atom. The number of aromatic amines is 1. The monoisotopic (exact) mass is 310 g/mol. The number of carbonyl (C=O) groups is 1. The van der Waals surface area contributed by atoms with Gasteiger partial charge in [0.05, 0.1) is 19.4 Å². The van der Waals surface area contributed by atoms with E-state index in [9.17, 15) is 4.79 Å². The number of hydrogen-bond acceptors (Lipinski definition) is 3. The summed E-state index contributed by atoms with van der Waals surface area (Å²) in [5.41, 5.74) is 1.99. The number of nitrogens with one attached hydrogen (secondary N) is 2. The molecule has 1 heterocycles. The first-order valence-corrected chi connectivity index (χ1v) is 7.41. The van der Waals surface area contributed by atoms with Crippen LogP contribution >= 0.6 is 0 Å². The van der Waals surface area contributed by atoms with E-state index in [2.05, 4.69) is 10.3 Å². The predicted molar refractivity (Wildman–Crippen MR) is 90.4 cm³/mol. The van der Waals surface area contributed by atoms with Crippen molar-refractivity contribution < 1.29 is 14.3 Å². The fourth-order valence-corrected chi connectivity index (χ4v) is 2.40. The molecule has 5 nitrogen and oxygen atoms in total. The minimum Gasteiger partial charge on any atom is -0.497 e. The lowest BCUT2D eigenvalue weighted by Crippen LogP contribution is -2.13. The van der Waals surface area contributed by atoms with E-state index in [0.717, 1.165) is 16.7 Å². The Hall–Kier alpha value is -2.95. The van der Waals surface area contributed by atoms with E-state index in [4.69, 9.17) is 9.47 Å². The van der Waals surface area contributed by atoms with Gasteiger partial charge < -0.3 is 19.8 Å². The van der Waals surface area contributed by atoms with E-state index in [-0.39, 0.29) is 5.91 Å². The van der Waals surface area contributed by atoms with Gasteiger partial charge in [0.2, 0.25) is 0 Å². The third-order valence-corrected chi connectivity index (χ3v) is 3.51. The number of benzene rings is 2. The van der Waals surface area contributed by atoms with E-state index < -0.39 is 0 Å². The largest absolute Gasteiger partial charge is 0.497 e. The van der Waals surface area contributed by atoms with E-state index in [0.29, 0.717) is 23.7 Å². The molecule has 0 aliphatic heterocycles. The molecule has 1 aromatic heterocycles. The first kappa shape index (κ1) is 15.0. The summed E-state index contributed by atoms with van der Waals surface area (Å²) >= 11 is 0. The molecule has 23 heavy (non-hydrogen) atoms. The van der Waals surface area contributed by atoms with Crippen LogP contribution in [0.2, 0.25) is 0 Å². The van der Waals surface area contributed by atoms with Crippen molar-refractivity contribution in [3.05, 3.63) is 54.2 Å². The fraction of sp³-hybridized carbons (Fsp3) is 0.167. The lowest BCUT2D eigenvalue weighted by atomic mass is 10.2. The highest BCUT2D eigenvalue weighted by Gasteiger charge is 2.12. The third-order valence-electron chi connectivity index (χ3n) is 3.51. The molecule has 0 bridgehead atoms. The Morgan fingerprint density at radius 3 is 2.78 bits per heavy atom. The maximum atomic E-state index is 12.5. The maximum Gasteiger partial charge on any atom is 0.272 e. The van der Waals surface area contributed by atoms with Crippen LogP contribution in [0.25, 0.3) is 10.9 Å². The second kappa shape index (κ2) is 6.44. The highest BCUT2D eigenvalue weighted by atomic mass is 16.5. The summed E-state index contributed by atoms with van der Waals surface area (Å²) in [5.74, 6) is 1.18. The molecule has 3 aromatic rings. The van der Waals surface area contributed by atoms with E-state index in [1.54, 1.807) is 7.11 Å². The first-order chi connectivity index (χ1) is 11.2. The molecule has 0 aliphatic rings. The van der Waals surface area contributed by atoms with Crippen molar-refractivity contribution in [3.63, 3.8) is 0 Å². The SMILES string of the molecule is CCOc1ccccc1NC(=O)c1cc2ccc(OC)cc2[nH]1. The molecule has 118 valence electrons. The molecule has 0 unspecified atom stereocenters. The average Bonchev–Trinajstić information content (AvgIpc) is 3.00. The van der Waals surface area contributed by atoms with Gasteiger partial charge in [-0.3, -0.25) is 4.79 Å². The summed E-state index contributed by atoms with van der Waals surface area (Å²) in [6, 6.07) is 14.8. The summed E-state index contributed by atoms with van der Waals surface area (Å²) in [6.07, 6.45) is 0. The molecule has 0 fully saturated rings. The molecule has 0 radical (unpaired) electrons. The van der Waals surface area contributed by atoms with Crippen LogP contribution in [0.1, 0.15) is 17.4 Å². The zero-order valence-corrected chi connectivity index (χ0v) is 13.1. The summed E-state index contributed by atoms with van der Waals surface area (Å²) in [5, 5.41) is 3.83. The number of methoxy groups -OCH3 is 1. The van der Waals surface area contributed by atoms with Crippen LogP contribution in [0, 0.1) is 0 Å². The number of carbonyl (C=O) groups excluding carboxylic acids is 1. The van der Waals surface area contributed by atoms with Crippen LogP contribution in [-0.4, -0.2) is 24.6 Å². The maximum absolute atomic E-state index is 12.5. The first-order valence-electron chi connectivity index (χ1n) is 7.41. The zero-order chi connectivity index (χ0) is 16.2. The van der Waals surface area contributed by atoms with Gasteiger partial charge in [-0.15, -0.1) is 0 Å². The van der Waals surface area contributed by atoms with Crippen LogP contribution < -0.4 is 14.8 Å². The van der Waals surface area contributed by atoms with Crippen LogP contribution in [0.4, 0.5) is 5.69 Å².